The molecule has 2 aromatic rings. The SMILES string of the molecule is OCCCN1CCCC2CC1c1cc(-c3ccc(C(F)(F)F)cc3)ccc12. The van der Waals surface area contributed by atoms with Crippen LogP contribution in [-0.2, 0) is 6.18 Å². The van der Waals surface area contributed by atoms with Gasteiger partial charge in [-0.1, -0.05) is 24.3 Å². The fraction of sp³-hybridized carbons (Fsp3) is 0.455. The van der Waals surface area contributed by atoms with Crippen molar-refractivity contribution in [2.45, 2.75) is 43.8 Å². The lowest BCUT2D eigenvalue weighted by Gasteiger charge is -2.29. The first-order valence-electron chi connectivity index (χ1n) is 9.64. The summed E-state index contributed by atoms with van der Waals surface area (Å²) in [4.78, 5) is 2.47. The quantitative estimate of drug-likeness (QED) is 0.776. The predicted octanol–water partition coefficient (Wildman–Crippen LogP) is 5.38. The lowest BCUT2D eigenvalue weighted by molar-refractivity contribution is -0.137. The van der Waals surface area contributed by atoms with Crippen LogP contribution in [0.3, 0.4) is 0 Å². The monoisotopic (exact) mass is 375 g/mol. The van der Waals surface area contributed by atoms with Crippen LogP contribution in [0.25, 0.3) is 11.1 Å². The number of aliphatic hydroxyl groups is 1. The topological polar surface area (TPSA) is 23.5 Å². The molecule has 27 heavy (non-hydrogen) atoms. The van der Waals surface area contributed by atoms with Crippen molar-refractivity contribution in [1.29, 1.82) is 0 Å². The Kier molecular flexibility index (Phi) is 4.99. The number of alkyl halides is 3. The highest BCUT2D eigenvalue weighted by atomic mass is 19.4. The number of halogens is 3. The van der Waals surface area contributed by atoms with E-state index in [9.17, 15) is 18.3 Å². The van der Waals surface area contributed by atoms with Crippen LogP contribution in [0, 0.1) is 0 Å². The van der Waals surface area contributed by atoms with E-state index >= 15 is 0 Å². The molecule has 2 unspecified atom stereocenters. The first-order valence-corrected chi connectivity index (χ1v) is 9.64. The molecule has 0 spiro atoms. The standard InChI is InChI=1S/C22H24F3NO/c23-22(24,25)18-7-4-15(5-8-18)16-6-9-19-17-3-1-10-26(11-2-12-27)21(14-17)20(19)13-16/h4-9,13,17,21,27H,1-3,10-12,14H2. The third-order valence-corrected chi connectivity index (χ3v) is 5.98. The van der Waals surface area contributed by atoms with Crippen molar-refractivity contribution in [3.8, 4) is 11.1 Å². The Morgan fingerprint density at radius 2 is 1.74 bits per heavy atom. The van der Waals surface area contributed by atoms with Crippen LogP contribution in [0.5, 0.6) is 0 Å². The summed E-state index contributed by atoms with van der Waals surface area (Å²) in [6, 6.07) is 12.1. The molecule has 1 saturated heterocycles. The molecule has 5 heteroatoms. The number of nitrogens with zero attached hydrogens (tertiary/aromatic N) is 1. The number of hydrogen-bond donors (Lipinski definition) is 1. The highest BCUT2D eigenvalue weighted by Crippen LogP contribution is 2.48. The van der Waals surface area contributed by atoms with Gasteiger partial charge in [0.2, 0.25) is 0 Å². The van der Waals surface area contributed by atoms with Crippen molar-refractivity contribution in [2.24, 2.45) is 0 Å². The van der Waals surface area contributed by atoms with Crippen molar-refractivity contribution in [2.75, 3.05) is 19.7 Å². The molecule has 4 rings (SSSR count). The van der Waals surface area contributed by atoms with Crippen LogP contribution < -0.4 is 0 Å². The molecule has 1 fully saturated rings. The number of rotatable bonds is 4. The zero-order valence-corrected chi connectivity index (χ0v) is 15.2. The Balaban J connectivity index is 1.65. The van der Waals surface area contributed by atoms with E-state index in [0.717, 1.165) is 49.2 Å². The first-order chi connectivity index (χ1) is 13.0. The molecular formula is C22H24F3NO. The van der Waals surface area contributed by atoms with Gasteiger partial charge >= 0.3 is 6.18 Å². The summed E-state index contributed by atoms with van der Waals surface area (Å²) in [5.41, 5.74) is 3.87. The molecule has 2 bridgehead atoms. The minimum atomic E-state index is -4.31. The third-order valence-electron chi connectivity index (χ3n) is 5.98. The van der Waals surface area contributed by atoms with Gasteiger partial charge in [0.25, 0.3) is 0 Å². The average Bonchev–Trinajstić information content (AvgIpc) is 2.87. The van der Waals surface area contributed by atoms with Gasteiger partial charge in [0.1, 0.15) is 0 Å². The van der Waals surface area contributed by atoms with E-state index in [2.05, 4.69) is 17.0 Å². The van der Waals surface area contributed by atoms with Crippen molar-refractivity contribution in [3.05, 3.63) is 59.2 Å². The van der Waals surface area contributed by atoms with Gasteiger partial charge in [-0.2, -0.15) is 13.2 Å². The van der Waals surface area contributed by atoms with Crippen molar-refractivity contribution in [3.63, 3.8) is 0 Å². The van der Waals surface area contributed by atoms with Gasteiger partial charge in [-0.3, -0.25) is 4.90 Å². The molecule has 1 heterocycles. The highest BCUT2D eigenvalue weighted by Gasteiger charge is 2.36. The maximum absolute atomic E-state index is 12.8. The van der Waals surface area contributed by atoms with E-state index in [4.69, 9.17) is 0 Å². The molecule has 0 saturated carbocycles. The summed E-state index contributed by atoms with van der Waals surface area (Å²) >= 11 is 0. The summed E-state index contributed by atoms with van der Waals surface area (Å²) < 4.78 is 38.4. The molecule has 1 aliphatic carbocycles. The Hall–Kier alpha value is -1.85. The molecule has 2 nitrogen and oxygen atoms in total. The van der Waals surface area contributed by atoms with Crippen LogP contribution in [0.4, 0.5) is 13.2 Å². The van der Waals surface area contributed by atoms with E-state index in [-0.39, 0.29) is 6.61 Å². The molecule has 1 N–H and O–H groups in total. The van der Waals surface area contributed by atoms with Crippen molar-refractivity contribution >= 4 is 0 Å². The number of likely N-dealkylation sites (tertiary alicyclic amines) is 1. The minimum absolute atomic E-state index is 0.200. The predicted molar refractivity (Wildman–Crippen MR) is 99.5 cm³/mol. The van der Waals surface area contributed by atoms with Crippen molar-refractivity contribution < 1.29 is 18.3 Å². The van der Waals surface area contributed by atoms with Gasteiger partial charge in [0.05, 0.1) is 5.56 Å². The second-order valence-corrected chi connectivity index (χ2v) is 7.62. The van der Waals surface area contributed by atoms with Gasteiger partial charge in [0, 0.05) is 19.2 Å². The Morgan fingerprint density at radius 1 is 1.00 bits per heavy atom. The van der Waals surface area contributed by atoms with E-state index in [1.807, 2.05) is 6.07 Å². The van der Waals surface area contributed by atoms with Crippen LogP contribution in [-0.4, -0.2) is 29.7 Å². The second kappa shape index (κ2) is 7.28. The molecule has 144 valence electrons. The molecule has 1 aliphatic heterocycles. The maximum Gasteiger partial charge on any atom is 0.416 e. The van der Waals surface area contributed by atoms with Gasteiger partial charge in [0.15, 0.2) is 0 Å². The third kappa shape index (κ3) is 3.63. The summed E-state index contributed by atoms with van der Waals surface area (Å²) in [6.07, 6.45) is -0.0727. The Labute approximate surface area is 157 Å². The smallest absolute Gasteiger partial charge is 0.396 e. The van der Waals surface area contributed by atoms with E-state index < -0.39 is 11.7 Å². The lowest BCUT2D eigenvalue weighted by atomic mass is 9.93. The van der Waals surface area contributed by atoms with Gasteiger partial charge in [-0.25, -0.2) is 0 Å². The molecule has 2 aromatic carbocycles. The van der Waals surface area contributed by atoms with Gasteiger partial charge in [-0.15, -0.1) is 0 Å². The van der Waals surface area contributed by atoms with E-state index in [1.54, 1.807) is 12.1 Å². The summed E-state index contributed by atoms with van der Waals surface area (Å²) in [5, 5.41) is 9.20. The molecule has 2 aliphatic rings. The first kappa shape index (κ1) is 18.5. The Morgan fingerprint density at radius 3 is 2.44 bits per heavy atom. The van der Waals surface area contributed by atoms with E-state index in [0.29, 0.717) is 12.0 Å². The lowest BCUT2D eigenvalue weighted by Crippen LogP contribution is -2.29. The minimum Gasteiger partial charge on any atom is -0.396 e. The molecule has 2 atom stereocenters. The zero-order chi connectivity index (χ0) is 19.0. The normalized spacial score (nSPS) is 22.5. The number of benzene rings is 2. The fourth-order valence-corrected chi connectivity index (χ4v) is 4.65. The van der Waals surface area contributed by atoms with E-state index in [1.165, 1.54) is 24.0 Å². The summed E-state index contributed by atoms with van der Waals surface area (Å²) in [7, 11) is 0. The summed E-state index contributed by atoms with van der Waals surface area (Å²) in [6.45, 7) is 2.13. The molecule has 0 aromatic heterocycles. The van der Waals surface area contributed by atoms with Gasteiger partial charge in [-0.05, 0) is 78.6 Å². The van der Waals surface area contributed by atoms with Crippen LogP contribution in [0.2, 0.25) is 0 Å². The highest BCUT2D eigenvalue weighted by molar-refractivity contribution is 5.66. The molecule has 0 amide bonds. The van der Waals surface area contributed by atoms with Crippen molar-refractivity contribution in [1.82, 2.24) is 4.90 Å². The van der Waals surface area contributed by atoms with Crippen LogP contribution >= 0.6 is 0 Å². The average molecular weight is 375 g/mol. The largest absolute Gasteiger partial charge is 0.416 e. The van der Waals surface area contributed by atoms with Gasteiger partial charge < -0.3 is 5.11 Å². The molecule has 0 radical (unpaired) electrons. The van der Waals surface area contributed by atoms with Crippen LogP contribution in [0.15, 0.2) is 42.5 Å². The molecular weight excluding hydrogens is 351 g/mol. The second-order valence-electron chi connectivity index (χ2n) is 7.62. The number of hydrogen-bond acceptors (Lipinski definition) is 2. The van der Waals surface area contributed by atoms with Crippen LogP contribution in [0.1, 0.15) is 54.3 Å². The fourth-order valence-electron chi connectivity index (χ4n) is 4.65. The maximum atomic E-state index is 12.8. The number of fused-ring (bicyclic) bond motifs is 5. The summed E-state index contributed by atoms with van der Waals surface area (Å²) in [5.74, 6) is 0.575. The Bertz CT molecular complexity index is 800. The zero-order valence-electron chi connectivity index (χ0n) is 15.2. The number of aliphatic hydroxyl groups excluding tert-OH is 1.